The molecule has 0 N–H and O–H groups in total. The molecule has 0 saturated heterocycles. The number of hydrogen-bond acceptors (Lipinski definition) is 9. The fourth-order valence-corrected chi connectivity index (χ4v) is 4.17. The minimum Gasteiger partial charge on any atom is -0.464 e. The molecule has 0 unspecified atom stereocenters. The molecule has 3 rings (SSSR count). The van der Waals surface area contributed by atoms with Gasteiger partial charge in [-0.25, -0.2) is 4.79 Å². The normalized spacial score (nSPS) is 15.0. The molecule has 0 saturated carbocycles. The molecule has 1 aliphatic rings. The minimum atomic E-state index is -4.47. The van der Waals surface area contributed by atoms with Crippen molar-refractivity contribution in [1.29, 1.82) is 0 Å². The third-order valence-corrected chi connectivity index (χ3v) is 6.52. The summed E-state index contributed by atoms with van der Waals surface area (Å²) < 4.78 is 49.7. The molecule has 0 spiro atoms. The quantitative estimate of drug-likeness (QED) is 0.110. The van der Waals surface area contributed by atoms with Crippen LogP contribution in [0.5, 0.6) is 11.5 Å². The molecule has 0 bridgehead atoms. The highest BCUT2D eigenvalue weighted by atomic mass is 19.4. The summed E-state index contributed by atoms with van der Waals surface area (Å²) in [6, 6.07) is 11.2. The van der Waals surface area contributed by atoms with Crippen LogP contribution in [0.15, 0.2) is 86.3 Å². The number of nitrogens with zero attached hydrogens (tertiary/aromatic N) is 3. The number of methoxy groups -OCH3 is 1. The molecule has 43 heavy (non-hydrogen) atoms. The number of alkyl halides is 3. The first-order valence-corrected chi connectivity index (χ1v) is 13.4. The monoisotopic (exact) mass is 601 g/mol. The van der Waals surface area contributed by atoms with Gasteiger partial charge in [0.1, 0.15) is 43.2 Å². The molecule has 0 aromatic heterocycles. The van der Waals surface area contributed by atoms with Crippen LogP contribution in [-0.4, -0.2) is 50.5 Å². The highest BCUT2D eigenvalue weighted by Crippen LogP contribution is 2.33. The van der Waals surface area contributed by atoms with Gasteiger partial charge in [-0.3, -0.25) is 0 Å². The fourth-order valence-electron chi connectivity index (χ4n) is 4.17. The molecule has 12 heteroatoms. The van der Waals surface area contributed by atoms with Gasteiger partial charge in [0.2, 0.25) is 0 Å². The second-order valence-electron chi connectivity index (χ2n) is 9.57. The van der Waals surface area contributed by atoms with Gasteiger partial charge in [-0.05, 0) is 94.1 Å². The van der Waals surface area contributed by atoms with Gasteiger partial charge in [-0.1, -0.05) is 32.7 Å². The van der Waals surface area contributed by atoms with Crippen LogP contribution in [0.1, 0.15) is 51.7 Å². The number of carbonyl (C=O) groups is 1. The molecular formula is C31H34F3N3O6. The van der Waals surface area contributed by atoms with Crippen molar-refractivity contribution in [2.24, 2.45) is 15.5 Å². The summed E-state index contributed by atoms with van der Waals surface area (Å²) in [5.74, 6) is -0.230. The number of hydrogen-bond donors (Lipinski definition) is 0. The van der Waals surface area contributed by atoms with E-state index in [0.717, 1.165) is 28.9 Å². The van der Waals surface area contributed by atoms with Gasteiger partial charge in [-0.15, -0.1) is 0 Å². The van der Waals surface area contributed by atoms with Crippen LogP contribution in [0.4, 0.5) is 13.2 Å². The molecule has 0 fully saturated rings. The average molecular weight is 602 g/mol. The Morgan fingerprint density at radius 3 is 2.21 bits per heavy atom. The van der Waals surface area contributed by atoms with Crippen molar-refractivity contribution in [2.75, 3.05) is 27.4 Å². The molecule has 1 aliphatic carbocycles. The van der Waals surface area contributed by atoms with Crippen LogP contribution in [0.3, 0.4) is 0 Å². The van der Waals surface area contributed by atoms with Gasteiger partial charge in [0.15, 0.2) is 5.71 Å². The molecule has 0 radical (unpaired) electrons. The van der Waals surface area contributed by atoms with E-state index in [0.29, 0.717) is 47.8 Å². The van der Waals surface area contributed by atoms with Crippen LogP contribution in [0.2, 0.25) is 0 Å². The number of allylic oxidation sites excluding steroid dienone is 2. The molecule has 9 nitrogen and oxygen atoms in total. The Labute approximate surface area is 248 Å². The van der Waals surface area contributed by atoms with Gasteiger partial charge in [0.05, 0.1) is 12.7 Å². The first kappa shape index (κ1) is 32.9. The maximum atomic E-state index is 13.0. The first-order chi connectivity index (χ1) is 20.5. The summed E-state index contributed by atoms with van der Waals surface area (Å²) in [5.41, 5.74) is 4.39. The fraction of sp³-hybridized carbons (Fsp3) is 0.355. The lowest BCUT2D eigenvalue weighted by atomic mass is 9.85. The number of rotatable bonds is 12. The minimum absolute atomic E-state index is 0.0551. The molecule has 2 aromatic carbocycles. The number of benzene rings is 2. The molecule has 0 atom stereocenters. The predicted molar refractivity (Wildman–Crippen MR) is 156 cm³/mol. The number of halogens is 3. The summed E-state index contributed by atoms with van der Waals surface area (Å²) in [7, 11) is 2.63. The Hall–Kier alpha value is -4.61. The summed E-state index contributed by atoms with van der Waals surface area (Å²) in [4.78, 5) is 28.3. The van der Waals surface area contributed by atoms with E-state index in [1.807, 2.05) is 13.8 Å². The number of oxime groups is 3. The SMILES string of the molecule is CCO/N=C(\C(C)=N\OCC1=C(/C(=N/OC)C(=O)OC)CC(C)=C(C)C1)c1ccc(Oc2cccc(C(F)(F)F)c2)cc1. The zero-order chi connectivity index (χ0) is 31.6. The van der Waals surface area contributed by atoms with E-state index in [1.165, 1.54) is 26.4 Å². The lowest BCUT2D eigenvalue weighted by Gasteiger charge is -2.22. The highest BCUT2D eigenvalue weighted by Gasteiger charge is 2.30. The van der Waals surface area contributed by atoms with E-state index in [1.54, 1.807) is 38.1 Å². The van der Waals surface area contributed by atoms with Gasteiger partial charge < -0.3 is 24.0 Å². The maximum Gasteiger partial charge on any atom is 0.416 e. The zero-order valence-electron chi connectivity index (χ0n) is 24.9. The molecule has 0 heterocycles. The van der Waals surface area contributed by atoms with Crippen molar-refractivity contribution in [3.05, 3.63) is 82.0 Å². The van der Waals surface area contributed by atoms with Gasteiger partial charge in [0, 0.05) is 5.56 Å². The summed E-state index contributed by atoms with van der Waals surface area (Å²) >= 11 is 0. The molecular weight excluding hydrogens is 567 g/mol. The second kappa shape index (κ2) is 15.0. The Morgan fingerprint density at radius 2 is 1.58 bits per heavy atom. The van der Waals surface area contributed by atoms with Gasteiger partial charge >= 0.3 is 12.1 Å². The van der Waals surface area contributed by atoms with E-state index in [9.17, 15) is 18.0 Å². The zero-order valence-corrected chi connectivity index (χ0v) is 24.9. The largest absolute Gasteiger partial charge is 0.464 e. The van der Waals surface area contributed by atoms with Crippen LogP contribution >= 0.6 is 0 Å². The van der Waals surface area contributed by atoms with E-state index < -0.39 is 17.7 Å². The molecule has 2 aromatic rings. The Kier molecular flexibility index (Phi) is 11.5. The molecule has 0 aliphatic heterocycles. The smallest absolute Gasteiger partial charge is 0.416 e. The van der Waals surface area contributed by atoms with Crippen molar-refractivity contribution in [1.82, 2.24) is 0 Å². The van der Waals surface area contributed by atoms with E-state index in [4.69, 9.17) is 24.0 Å². The average Bonchev–Trinajstić information content (AvgIpc) is 2.98. The van der Waals surface area contributed by atoms with Gasteiger partial charge in [0.25, 0.3) is 0 Å². The van der Waals surface area contributed by atoms with E-state index in [2.05, 4.69) is 15.5 Å². The molecule has 230 valence electrons. The summed E-state index contributed by atoms with van der Waals surface area (Å²) in [6.07, 6.45) is -3.43. The molecule has 0 amide bonds. The Balaban J connectivity index is 1.81. The third-order valence-electron chi connectivity index (χ3n) is 6.52. The topological polar surface area (TPSA) is 100 Å². The van der Waals surface area contributed by atoms with Gasteiger partial charge in [-0.2, -0.15) is 13.2 Å². The van der Waals surface area contributed by atoms with Crippen molar-refractivity contribution in [2.45, 2.75) is 46.7 Å². The van der Waals surface area contributed by atoms with Crippen LogP contribution < -0.4 is 4.74 Å². The van der Waals surface area contributed by atoms with E-state index in [-0.39, 0.29) is 18.1 Å². The van der Waals surface area contributed by atoms with Crippen LogP contribution in [0.25, 0.3) is 0 Å². The second-order valence-corrected chi connectivity index (χ2v) is 9.57. The van der Waals surface area contributed by atoms with Crippen LogP contribution in [-0.2, 0) is 30.2 Å². The number of esters is 1. The number of ether oxygens (including phenoxy) is 2. The Bertz CT molecular complexity index is 1460. The highest BCUT2D eigenvalue weighted by molar-refractivity contribution is 6.47. The lowest BCUT2D eigenvalue weighted by molar-refractivity contribution is -0.137. The van der Waals surface area contributed by atoms with Crippen LogP contribution in [0, 0.1) is 0 Å². The lowest BCUT2D eigenvalue weighted by Crippen LogP contribution is -2.23. The third kappa shape index (κ3) is 8.94. The summed E-state index contributed by atoms with van der Waals surface area (Å²) in [5, 5.41) is 12.3. The van der Waals surface area contributed by atoms with Crippen molar-refractivity contribution in [3.8, 4) is 11.5 Å². The van der Waals surface area contributed by atoms with Crippen molar-refractivity contribution >= 4 is 23.1 Å². The maximum absolute atomic E-state index is 13.0. The Morgan fingerprint density at radius 1 is 0.884 bits per heavy atom. The van der Waals surface area contributed by atoms with E-state index >= 15 is 0 Å². The van der Waals surface area contributed by atoms with Crippen molar-refractivity contribution < 1.29 is 42.0 Å². The number of carbonyl (C=O) groups excluding carboxylic acids is 1. The van der Waals surface area contributed by atoms with Crippen molar-refractivity contribution in [3.63, 3.8) is 0 Å². The predicted octanol–water partition coefficient (Wildman–Crippen LogP) is 7.23. The summed E-state index contributed by atoms with van der Waals surface area (Å²) in [6.45, 7) is 7.87. The standard InChI is InChI=1S/C31H34F3N3O6/c1-7-41-37-28(22-11-13-25(14-12-22)43-26-10-8-9-24(17-26)31(32,33)34)21(4)35-42-18-23-15-19(2)20(3)16-27(23)29(36-40-6)30(38)39-5/h8-14,17H,7,15-16,18H2,1-6H3/b35-21+,36-29-,37-28+. The first-order valence-electron chi connectivity index (χ1n) is 13.4.